The van der Waals surface area contributed by atoms with E-state index in [-0.39, 0.29) is 11.8 Å². The second-order valence-corrected chi connectivity index (χ2v) is 6.08. The maximum absolute atomic E-state index is 12.6. The highest BCUT2D eigenvalue weighted by atomic mass is 19.3. The molecule has 27 heavy (non-hydrogen) atoms. The van der Waals surface area contributed by atoms with Gasteiger partial charge in [-0.3, -0.25) is 4.99 Å². The lowest BCUT2D eigenvalue weighted by molar-refractivity contribution is -0.0495. The minimum Gasteiger partial charge on any atom is -0.433 e. The first kappa shape index (κ1) is 18.9. The summed E-state index contributed by atoms with van der Waals surface area (Å²) in [6.07, 6.45) is 0.837. The standard InChI is InChI=1S/C17H22F2N6O2/c1-11-22-15(27-24-11)9-21-17(20-2)23-12-7-8-25(10-12)13-5-3-4-6-14(13)26-16(18)19/h3-6,12,16H,7-10H2,1-2H3,(H2,20,21,23). The molecule has 3 rings (SSSR count). The molecular formula is C17H22F2N6O2. The first-order valence-corrected chi connectivity index (χ1v) is 8.60. The largest absolute Gasteiger partial charge is 0.433 e. The van der Waals surface area contributed by atoms with E-state index in [1.54, 1.807) is 38.2 Å². The molecule has 1 aliphatic heterocycles. The molecule has 2 heterocycles. The summed E-state index contributed by atoms with van der Waals surface area (Å²) in [5.41, 5.74) is 0.659. The van der Waals surface area contributed by atoms with Gasteiger partial charge in [-0.15, -0.1) is 0 Å². The van der Waals surface area contributed by atoms with Crippen LogP contribution in [0.5, 0.6) is 5.75 Å². The van der Waals surface area contributed by atoms with Crippen LogP contribution in [0, 0.1) is 6.92 Å². The van der Waals surface area contributed by atoms with Crippen molar-refractivity contribution in [3.63, 3.8) is 0 Å². The lowest BCUT2D eigenvalue weighted by Gasteiger charge is -2.22. The number of hydrogen-bond acceptors (Lipinski definition) is 6. The predicted octanol–water partition coefficient (Wildman–Crippen LogP) is 1.92. The molecule has 1 fully saturated rings. The zero-order chi connectivity index (χ0) is 19.2. The normalized spacial score (nSPS) is 17.4. The molecule has 2 aromatic rings. The van der Waals surface area contributed by atoms with Gasteiger partial charge < -0.3 is 24.8 Å². The predicted molar refractivity (Wildman–Crippen MR) is 96.1 cm³/mol. The zero-order valence-corrected chi connectivity index (χ0v) is 15.2. The number of ether oxygens (including phenoxy) is 1. The Kier molecular flexibility index (Phi) is 6.05. The van der Waals surface area contributed by atoms with Gasteiger partial charge in [0, 0.05) is 26.2 Å². The summed E-state index contributed by atoms with van der Waals surface area (Å²) in [6.45, 7) is 0.634. The molecule has 0 amide bonds. The number of hydrogen-bond donors (Lipinski definition) is 2. The van der Waals surface area contributed by atoms with Gasteiger partial charge in [0.2, 0.25) is 5.89 Å². The Morgan fingerprint density at radius 1 is 1.44 bits per heavy atom. The maximum atomic E-state index is 12.6. The number of benzene rings is 1. The number of guanidine groups is 1. The van der Waals surface area contributed by atoms with Gasteiger partial charge >= 0.3 is 6.61 Å². The van der Waals surface area contributed by atoms with Crippen LogP contribution in [0.3, 0.4) is 0 Å². The van der Waals surface area contributed by atoms with Crippen molar-refractivity contribution >= 4 is 11.6 Å². The van der Waals surface area contributed by atoms with Crippen molar-refractivity contribution in [2.24, 2.45) is 4.99 Å². The van der Waals surface area contributed by atoms with E-state index in [2.05, 4.69) is 30.5 Å². The van der Waals surface area contributed by atoms with Gasteiger partial charge in [-0.1, -0.05) is 17.3 Å². The van der Waals surface area contributed by atoms with Crippen LogP contribution in [0.1, 0.15) is 18.1 Å². The number of aromatic nitrogens is 2. The zero-order valence-electron chi connectivity index (χ0n) is 15.2. The summed E-state index contributed by atoms with van der Waals surface area (Å²) in [6, 6.07) is 6.93. The Morgan fingerprint density at radius 2 is 2.26 bits per heavy atom. The lowest BCUT2D eigenvalue weighted by Crippen LogP contribution is -2.44. The van der Waals surface area contributed by atoms with Crippen molar-refractivity contribution in [1.29, 1.82) is 0 Å². The topological polar surface area (TPSA) is 87.8 Å². The monoisotopic (exact) mass is 380 g/mol. The molecule has 10 heteroatoms. The molecule has 146 valence electrons. The van der Waals surface area contributed by atoms with E-state index in [0.717, 1.165) is 13.0 Å². The highest BCUT2D eigenvalue weighted by molar-refractivity contribution is 5.80. The van der Waals surface area contributed by atoms with Gasteiger partial charge in [-0.25, -0.2) is 0 Å². The number of aliphatic imine (C=N–C) groups is 1. The van der Waals surface area contributed by atoms with Crippen molar-refractivity contribution in [3.05, 3.63) is 36.0 Å². The highest BCUT2D eigenvalue weighted by Crippen LogP contribution is 2.31. The average Bonchev–Trinajstić information content (AvgIpc) is 3.27. The van der Waals surface area contributed by atoms with Gasteiger partial charge in [-0.2, -0.15) is 13.8 Å². The van der Waals surface area contributed by atoms with Gasteiger partial charge in [0.05, 0.1) is 12.2 Å². The number of anilines is 1. The Bertz CT molecular complexity index is 782. The van der Waals surface area contributed by atoms with E-state index in [1.807, 2.05) is 4.90 Å². The molecule has 0 saturated carbocycles. The molecule has 1 aromatic carbocycles. The summed E-state index contributed by atoms with van der Waals surface area (Å²) in [4.78, 5) is 10.3. The SMILES string of the molecule is CN=C(NCc1nc(C)no1)NC1CCN(c2ccccc2OC(F)F)C1. The number of nitrogens with zero attached hydrogens (tertiary/aromatic N) is 4. The van der Waals surface area contributed by atoms with Crippen LogP contribution in [0.25, 0.3) is 0 Å². The second-order valence-electron chi connectivity index (χ2n) is 6.08. The Balaban J connectivity index is 1.56. The third kappa shape index (κ3) is 5.05. The summed E-state index contributed by atoms with van der Waals surface area (Å²) >= 11 is 0. The number of halogens is 2. The number of para-hydroxylation sites is 2. The lowest BCUT2D eigenvalue weighted by atomic mass is 10.2. The number of aryl methyl sites for hydroxylation is 1. The van der Waals surface area contributed by atoms with E-state index in [1.165, 1.54) is 0 Å². The van der Waals surface area contributed by atoms with Crippen molar-refractivity contribution in [2.45, 2.75) is 32.5 Å². The molecule has 2 N–H and O–H groups in total. The number of rotatable bonds is 6. The molecule has 1 saturated heterocycles. The van der Waals surface area contributed by atoms with E-state index >= 15 is 0 Å². The van der Waals surface area contributed by atoms with E-state index in [0.29, 0.717) is 36.5 Å². The van der Waals surface area contributed by atoms with E-state index in [4.69, 9.17) is 4.52 Å². The molecule has 1 aliphatic rings. The van der Waals surface area contributed by atoms with Crippen LogP contribution < -0.4 is 20.3 Å². The van der Waals surface area contributed by atoms with Crippen molar-refractivity contribution < 1.29 is 18.0 Å². The fourth-order valence-corrected chi connectivity index (χ4v) is 2.97. The molecule has 0 aliphatic carbocycles. The molecule has 8 nitrogen and oxygen atoms in total. The van der Waals surface area contributed by atoms with Crippen LogP contribution in [-0.4, -0.2) is 48.9 Å². The molecule has 0 spiro atoms. The van der Waals surface area contributed by atoms with Crippen LogP contribution >= 0.6 is 0 Å². The Labute approximate surface area is 155 Å². The summed E-state index contributed by atoms with van der Waals surface area (Å²) < 4.78 is 34.9. The average molecular weight is 380 g/mol. The number of alkyl halides is 2. The maximum Gasteiger partial charge on any atom is 0.387 e. The van der Waals surface area contributed by atoms with Crippen LogP contribution in [0.2, 0.25) is 0 Å². The first-order chi connectivity index (χ1) is 13.0. The summed E-state index contributed by atoms with van der Waals surface area (Å²) in [5.74, 6) is 1.84. The van der Waals surface area contributed by atoms with Crippen molar-refractivity contribution in [1.82, 2.24) is 20.8 Å². The fourth-order valence-electron chi connectivity index (χ4n) is 2.97. The second kappa shape index (κ2) is 8.65. The summed E-state index contributed by atoms with van der Waals surface area (Å²) in [7, 11) is 1.67. The molecular weight excluding hydrogens is 358 g/mol. The molecule has 1 atom stereocenters. The van der Waals surface area contributed by atoms with Crippen molar-refractivity contribution in [3.8, 4) is 5.75 Å². The van der Waals surface area contributed by atoms with Crippen LogP contribution in [0.15, 0.2) is 33.8 Å². The minimum atomic E-state index is -2.85. The quantitative estimate of drug-likeness (QED) is 0.585. The van der Waals surface area contributed by atoms with Crippen LogP contribution in [0.4, 0.5) is 14.5 Å². The highest BCUT2D eigenvalue weighted by Gasteiger charge is 2.26. The molecule has 0 radical (unpaired) electrons. The van der Waals surface area contributed by atoms with Gasteiger partial charge in [-0.05, 0) is 25.5 Å². The third-order valence-electron chi connectivity index (χ3n) is 4.15. The Morgan fingerprint density at radius 3 is 2.96 bits per heavy atom. The van der Waals surface area contributed by atoms with Gasteiger partial charge in [0.1, 0.15) is 5.75 Å². The number of nitrogens with one attached hydrogen (secondary N) is 2. The van der Waals surface area contributed by atoms with Gasteiger partial charge in [0.25, 0.3) is 0 Å². The van der Waals surface area contributed by atoms with Crippen molar-refractivity contribution in [2.75, 3.05) is 25.0 Å². The van der Waals surface area contributed by atoms with Crippen LogP contribution in [-0.2, 0) is 6.54 Å². The summed E-state index contributed by atoms with van der Waals surface area (Å²) in [5, 5.41) is 10.2. The fraction of sp³-hybridized carbons (Fsp3) is 0.471. The van der Waals surface area contributed by atoms with E-state index in [9.17, 15) is 8.78 Å². The third-order valence-corrected chi connectivity index (χ3v) is 4.15. The molecule has 0 bridgehead atoms. The smallest absolute Gasteiger partial charge is 0.387 e. The Hall–Kier alpha value is -2.91. The molecule has 1 aromatic heterocycles. The van der Waals surface area contributed by atoms with Gasteiger partial charge in [0.15, 0.2) is 11.8 Å². The molecule has 1 unspecified atom stereocenters. The minimum absolute atomic E-state index is 0.111. The first-order valence-electron chi connectivity index (χ1n) is 8.60. The van der Waals surface area contributed by atoms with E-state index < -0.39 is 6.61 Å².